The van der Waals surface area contributed by atoms with E-state index in [0.29, 0.717) is 0 Å². The van der Waals surface area contributed by atoms with E-state index < -0.39 is 5.97 Å². The zero-order valence-electron chi connectivity index (χ0n) is 13.4. The molecule has 1 heterocycles. The van der Waals surface area contributed by atoms with Crippen LogP contribution in [-0.2, 0) is 17.8 Å². The molecule has 0 fully saturated rings. The van der Waals surface area contributed by atoms with Gasteiger partial charge in [-0.25, -0.2) is 9.48 Å². The fraction of sp³-hybridized carbons (Fsp3) is 0.105. The fourth-order valence-corrected chi connectivity index (χ4v) is 2.44. The number of carboxylic acid groups (broad SMARTS) is 1. The SMILES string of the molecule is O=C(Cc1cnn(-c2ccccc2)c1)NCc1cccc(C(=O)O)c1. The monoisotopic (exact) mass is 335 g/mol. The predicted octanol–water partition coefficient (Wildman–Crippen LogP) is 2.43. The third kappa shape index (κ3) is 4.32. The molecule has 6 heteroatoms. The Morgan fingerprint density at radius 1 is 1.04 bits per heavy atom. The minimum Gasteiger partial charge on any atom is -0.478 e. The van der Waals surface area contributed by atoms with Crippen LogP contribution in [0.3, 0.4) is 0 Å². The summed E-state index contributed by atoms with van der Waals surface area (Å²) in [5.74, 6) is -1.13. The number of nitrogens with one attached hydrogen (secondary N) is 1. The largest absolute Gasteiger partial charge is 0.478 e. The summed E-state index contributed by atoms with van der Waals surface area (Å²) in [7, 11) is 0. The molecule has 0 atom stereocenters. The van der Waals surface area contributed by atoms with Crippen molar-refractivity contribution >= 4 is 11.9 Å². The molecule has 3 rings (SSSR count). The van der Waals surface area contributed by atoms with E-state index in [1.807, 2.05) is 36.5 Å². The molecular weight excluding hydrogens is 318 g/mol. The molecule has 0 saturated heterocycles. The van der Waals surface area contributed by atoms with Crippen molar-refractivity contribution in [1.82, 2.24) is 15.1 Å². The summed E-state index contributed by atoms with van der Waals surface area (Å²) >= 11 is 0. The van der Waals surface area contributed by atoms with E-state index >= 15 is 0 Å². The van der Waals surface area contributed by atoms with Gasteiger partial charge in [-0.3, -0.25) is 4.79 Å². The van der Waals surface area contributed by atoms with Crippen molar-refractivity contribution in [2.45, 2.75) is 13.0 Å². The van der Waals surface area contributed by atoms with Gasteiger partial charge < -0.3 is 10.4 Å². The fourth-order valence-electron chi connectivity index (χ4n) is 2.44. The molecule has 2 N–H and O–H groups in total. The van der Waals surface area contributed by atoms with Crippen LogP contribution < -0.4 is 5.32 Å². The Kier molecular flexibility index (Phi) is 4.89. The zero-order valence-corrected chi connectivity index (χ0v) is 13.4. The summed E-state index contributed by atoms with van der Waals surface area (Å²) < 4.78 is 1.72. The second-order valence-electron chi connectivity index (χ2n) is 5.59. The van der Waals surface area contributed by atoms with Crippen LogP contribution in [-0.4, -0.2) is 26.8 Å². The normalized spacial score (nSPS) is 10.4. The van der Waals surface area contributed by atoms with Crippen LogP contribution in [0, 0.1) is 0 Å². The Morgan fingerprint density at radius 3 is 2.60 bits per heavy atom. The van der Waals surface area contributed by atoms with Crippen molar-refractivity contribution in [2.75, 3.05) is 0 Å². The van der Waals surface area contributed by atoms with Gasteiger partial charge >= 0.3 is 5.97 Å². The molecule has 0 unspecified atom stereocenters. The molecule has 25 heavy (non-hydrogen) atoms. The summed E-state index contributed by atoms with van der Waals surface area (Å²) in [5, 5.41) is 16.0. The smallest absolute Gasteiger partial charge is 0.335 e. The van der Waals surface area contributed by atoms with Gasteiger partial charge in [0.1, 0.15) is 0 Å². The molecule has 0 aliphatic carbocycles. The van der Waals surface area contributed by atoms with E-state index in [1.54, 1.807) is 29.1 Å². The summed E-state index contributed by atoms with van der Waals surface area (Å²) in [6.07, 6.45) is 3.70. The Morgan fingerprint density at radius 2 is 1.84 bits per heavy atom. The highest BCUT2D eigenvalue weighted by Gasteiger charge is 2.08. The number of nitrogens with zero attached hydrogens (tertiary/aromatic N) is 2. The second kappa shape index (κ2) is 7.44. The van der Waals surface area contributed by atoms with Crippen LogP contribution in [0.4, 0.5) is 0 Å². The first-order chi connectivity index (χ1) is 12.1. The van der Waals surface area contributed by atoms with Gasteiger partial charge in [0.25, 0.3) is 0 Å². The molecule has 0 radical (unpaired) electrons. The van der Waals surface area contributed by atoms with Gasteiger partial charge in [0, 0.05) is 12.7 Å². The first kappa shape index (κ1) is 16.4. The lowest BCUT2D eigenvalue weighted by Gasteiger charge is -2.05. The van der Waals surface area contributed by atoms with E-state index in [1.165, 1.54) is 6.07 Å². The minimum atomic E-state index is -0.985. The Bertz CT molecular complexity index is 888. The number of hydrogen-bond donors (Lipinski definition) is 2. The molecule has 6 nitrogen and oxygen atoms in total. The van der Waals surface area contributed by atoms with Crippen LogP contribution in [0.1, 0.15) is 21.5 Å². The molecule has 0 aliphatic heterocycles. The number of para-hydroxylation sites is 1. The van der Waals surface area contributed by atoms with E-state index in [0.717, 1.165) is 16.8 Å². The van der Waals surface area contributed by atoms with Crippen LogP contribution in [0.25, 0.3) is 5.69 Å². The number of carboxylic acids is 1. The number of amides is 1. The first-order valence-electron chi connectivity index (χ1n) is 7.80. The van der Waals surface area contributed by atoms with Crippen molar-refractivity contribution in [3.63, 3.8) is 0 Å². The minimum absolute atomic E-state index is 0.145. The average Bonchev–Trinajstić information content (AvgIpc) is 3.09. The molecule has 1 aromatic heterocycles. The maximum atomic E-state index is 12.1. The number of aromatic carboxylic acids is 1. The Balaban J connectivity index is 1.57. The predicted molar refractivity (Wildman–Crippen MR) is 92.5 cm³/mol. The van der Waals surface area contributed by atoms with Gasteiger partial charge in [-0.05, 0) is 35.4 Å². The number of carbonyl (C=O) groups excluding carboxylic acids is 1. The highest BCUT2D eigenvalue weighted by Crippen LogP contribution is 2.09. The van der Waals surface area contributed by atoms with Crippen molar-refractivity contribution in [3.05, 3.63) is 83.7 Å². The number of aromatic nitrogens is 2. The van der Waals surface area contributed by atoms with E-state index in [4.69, 9.17) is 5.11 Å². The van der Waals surface area contributed by atoms with Crippen LogP contribution in [0.15, 0.2) is 67.0 Å². The quantitative estimate of drug-likeness (QED) is 0.724. The van der Waals surface area contributed by atoms with E-state index in [-0.39, 0.29) is 24.4 Å². The summed E-state index contributed by atoms with van der Waals surface area (Å²) in [6.45, 7) is 0.284. The molecule has 2 aromatic carbocycles. The van der Waals surface area contributed by atoms with Gasteiger partial charge in [-0.2, -0.15) is 5.10 Å². The highest BCUT2D eigenvalue weighted by atomic mass is 16.4. The molecule has 126 valence electrons. The standard InChI is InChI=1S/C19H17N3O3/c23-18(20-11-14-5-4-6-16(9-14)19(24)25)10-15-12-21-22(13-15)17-7-2-1-3-8-17/h1-9,12-13H,10-11H2,(H,20,23)(H,24,25). The van der Waals surface area contributed by atoms with Gasteiger partial charge in [-0.1, -0.05) is 30.3 Å². The number of benzene rings is 2. The lowest BCUT2D eigenvalue weighted by atomic mass is 10.1. The lowest BCUT2D eigenvalue weighted by molar-refractivity contribution is -0.120. The summed E-state index contributed by atoms with van der Waals surface area (Å²) in [6, 6.07) is 16.2. The molecule has 1 amide bonds. The maximum absolute atomic E-state index is 12.1. The van der Waals surface area contributed by atoms with Gasteiger partial charge in [0.2, 0.25) is 5.91 Å². The van der Waals surface area contributed by atoms with Crippen LogP contribution in [0.2, 0.25) is 0 Å². The Hall–Kier alpha value is -3.41. The van der Waals surface area contributed by atoms with E-state index in [2.05, 4.69) is 10.4 Å². The van der Waals surface area contributed by atoms with Gasteiger partial charge in [0.15, 0.2) is 0 Å². The first-order valence-corrected chi connectivity index (χ1v) is 7.80. The number of carbonyl (C=O) groups is 2. The maximum Gasteiger partial charge on any atom is 0.335 e. The second-order valence-corrected chi connectivity index (χ2v) is 5.59. The van der Waals surface area contributed by atoms with Crippen molar-refractivity contribution in [1.29, 1.82) is 0 Å². The van der Waals surface area contributed by atoms with Crippen LogP contribution >= 0.6 is 0 Å². The third-order valence-corrected chi connectivity index (χ3v) is 3.69. The lowest BCUT2D eigenvalue weighted by Crippen LogP contribution is -2.24. The van der Waals surface area contributed by atoms with Gasteiger partial charge in [0.05, 0.1) is 23.9 Å². The zero-order chi connectivity index (χ0) is 17.6. The molecule has 0 saturated carbocycles. The van der Waals surface area contributed by atoms with E-state index in [9.17, 15) is 9.59 Å². The van der Waals surface area contributed by atoms with Crippen molar-refractivity contribution < 1.29 is 14.7 Å². The third-order valence-electron chi connectivity index (χ3n) is 3.69. The molecule has 0 spiro atoms. The van der Waals surface area contributed by atoms with Crippen molar-refractivity contribution in [2.24, 2.45) is 0 Å². The molecule has 3 aromatic rings. The van der Waals surface area contributed by atoms with Gasteiger partial charge in [-0.15, -0.1) is 0 Å². The molecular formula is C19H17N3O3. The average molecular weight is 335 g/mol. The number of hydrogen-bond acceptors (Lipinski definition) is 3. The molecule has 0 aliphatic rings. The number of rotatable bonds is 6. The Labute approximate surface area is 144 Å². The van der Waals surface area contributed by atoms with Crippen LogP contribution in [0.5, 0.6) is 0 Å². The summed E-state index contributed by atoms with van der Waals surface area (Å²) in [5.41, 5.74) is 2.68. The highest BCUT2D eigenvalue weighted by molar-refractivity contribution is 5.87. The van der Waals surface area contributed by atoms with Crippen molar-refractivity contribution in [3.8, 4) is 5.69 Å². The topological polar surface area (TPSA) is 84.2 Å². The summed E-state index contributed by atoms with van der Waals surface area (Å²) in [4.78, 5) is 23.0. The molecule has 0 bridgehead atoms.